The monoisotopic (exact) mass is 351 g/mol. The van der Waals surface area contributed by atoms with Crippen LogP contribution in [0, 0.1) is 0 Å². The molecule has 1 aliphatic heterocycles. The van der Waals surface area contributed by atoms with E-state index < -0.39 is 10.0 Å². The Bertz CT molecular complexity index is 805. The molecular weight excluding hydrogens is 330 g/mol. The fourth-order valence-corrected chi connectivity index (χ4v) is 3.23. The first-order valence-corrected chi connectivity index (χ1v) is 9.50. The summed E-state index contributed by atoms with van der Waals surface area (Å²) < 4.78 is 31.7. The lowest BCUT2D eigenvalue weighted by Crippen LogP contribution is -2.44. The Morgan fingerprint density at radius 2 is 2.21 bits per heavy atom. The molecule has 2 aromatic rings. The molecule has 0 radical (unpaired) electrons. The van der Waals surface area contributed by atoms with Crippen molar-refractivity contribution in [2.45, 2.75) is 13.0 Å². The maximum Gasteiger partial charge on any atom is 0.260 e. The third-order valence-corrected chi connectivity index (χ3v) is 5.34. The molecule has 8 nitrogen and oxygen atoms in total. The average Bonchev–Trinajstić information content (AvgIpc) is 3.05. The number of hydrogen-bond donors (Lipinski definition) is 2. The molecule has 1 aromatic heterocycles. The van der Waals surface area contributed by atoms with E-state index in [4.69, 9.17) is 4.52 Å². The number of anilines is 1. The van der Waals surface area contributed by atoms with E-state index in [-0.39, 0.29) is 11.8 Å². The van der Waals surface area contributed by atoms with Crippen molar-refractivity contribution in [3.8, 4) is 11.5 Å². The van der Waals surface area contributed by atoms with Crippen LogP contribution in [-0.2, 0) is 10.0 Å². The topological polar surface area (TPSA) is 100 Å². The summed E-state index contributed by atoms with van der Waals surface area (Å²) in [4.78, 5) is 6.64. The van der Waals surface area contributed by atoms with Crippen molar-refractivity contribution in [1.82, 2.24) is 20.4 Å². The van der Waals surface area contributed by atoms with E-state index in [1.165, 1.54) is 0 Å². The van der Waals surface area contributed by atoms with Gasteiger partial charge in [-0.2, -0.15) is 4.98 Å². The van der Waals surface area contributed by atoms with Crippen LogP contribution < -0.4 is 10.0 Å². The molecule has 2 heterocycles. The number of nitrogens with one attached hydrogen (secondary N) is 2. The van der Waals surface area contributed by atoms with Gasteiger partial charge in [0, 0.05) is 19.6 Å². The number of sulfonamides is 1. The molecule has 0 bridgehead atoms. The zero-order valence-corrected chi connectivity index (χ0v) is 14.5. The minimum atomic E-state index is -3.38. The Morgan fingerprint density at radius 3 is 2.96 bits per heavy atom. The molecule has 1 unspecified atom stereocenters. The van der Waals surface area contributed by atoms with Gasteiger partial charge in [0.1, 0.15) is 0 Å². The Balaban J connectivity index is 1.90. The molecule has 0 aliphatic carbocycles. The number of para-hydroxylation sites is 1. The van der Waals surface area contributed by atoms with E-state index >= 15 is 0 Å². The van der Waals surface area contributed by atoms with Crippen LogP contribution in [0.3, 0.4) is 0 Å². The molecule has 1 aromatic carbocycles. The Hall–Kier alpha value is -1.97. The number of benzene rings is 1. The highest BCUT2D eigenvalue weighted by Gasteiger charge is 2.26. The van der Waals surface area contributed by atoms with E-state index in [1.807, 2.05) is 7.05 Å². The van der Waals surface area contributed by atoms with Crippen molar-refractivity contribution in [2.75, 3.05) is 37.2 Å². The summed E-state index contributed by atoms with van der Waals surface area (Å²) in [6, 6.07) is 7.04. The molecule has 130 valence electrons. The number of hydrogen-bond acceptors (Lipinski definition) is 7. The number of likely N-dealkylation sites (N-methyl/N-ethyl adjacent to an activating group) is 1. The fraction of sp³-hybridized carbons (Fsp3) is 0.467. The van der Waals surface area contributed by atoms with Crippen molar-refractivity contribution >= 4 is 15.7 Å². The van der Waals surface area contributed by atoms with E-state index in [1.54, 1.807) is 31.2 Å². The van der Waals surface area contributed by atoms with Crippen LogP contribution in [0.4, 0.5) is 5.69 Å². The lowest BCUT2D eigenvalue weighted by atomic mass is 10.1. The first kappa shape index (κ1) is 16.9. The SMILES string of the molecule is CCS(=O)(=O)Nc1ccccc1-c1nc(C2CNCCN2C)no1. The highest BCUT2D eigenvalue weighted by molar-refractivity contribution is 7.92. The van der Waals surface area contributed by atoms with Gasteiger partial charge in [-0.25, -0.2) is 8.42 Å². The van der Waals surface area contributed by atoms with Gasteiger partial charge in [0.2, 0.25) is 10.0 Å². The van der Waals surface area contributed by atoms with Gasteiger partial charge in [-0.3, -0.25) is 9.62 Å². The molecule has 0 saturated carbocycles. The second-order valence-corrected chi connectivity index (χ2v) is 7.72. The van der Waals surface area contributed by atoms with Crippen molar-refractivity contribution in [3.63, 3.8) is 0 Å². The van der Waals surface area contributed by atoms with E-state index in [0.29, 0.717) is 23.0 Å². The molecule has 1 fully saturated rings. The van der Waals surface area contributed by atoms with Crippen molar-refractivity contribution in [3.05, 3.63) is 30.1 Å². The van der Waals surface area contributed by atoms with Crippen molar-refractivity contribution < 1.29 is 12.9 Å². The zero-order valence-electron chi connectivity index (χ0n) is 13.7. The molecule has 3 rings (SSSR count). The third kappa shape index (κ3) is 3.58. The normalized spacial score (nSPS) is 19.3. The standard InChI is InChI=1S/C15H21N5O3S/c1-3-24(21,22)19-12-7-5-4-6-11(12)15-17-14(18-23-15)13-10-16-8-9-20(13)2/h4-7,13,16,19H,3,8-10H2,1-2H3. The minimum absolute atomic E-state index is 0.00500. The van der Waals surface area contributed by atoms with Crippen molar-refractivity contribution in [1.29, 1.82) is 0 Å². The fourth-order valence-electron chi connectivity index (χ4n) is 2.57. The Kier molecular flexibility index (Phi) is 4.83. The van der Waals surface area contributed by atoms with Gasteiger partial charge in [0.05, 0.1) is 23.0 Å². The van der Waals surface area contributed by atoms with Gasteiger partial charge in [-0.05, 0) is 26.1 Å². The lowest BCUT2D eigenvalue weighted by molar-refractivity contribution is 0.190. The molecule has 1 aliphatic rings. The summed E-state index contributed by atoms with van der Waals surface area (Å²) in [6.45, 7) is 4.17. The predicted octanol–water partition coefficient (Wildman–Crippen LogP) is 1.07. The number of nitrogens with zero attached hydrogens (tertiary/aromatic N) is 3. The summed E-state index contributed by atoms with van der Waals surface area (Å²) in [5.41, 5.74) is 1.00. The predicted molar refractivity (Wildman–Crippen MR) is 91.1 cm³/mol. The van der Waals surface area contributed by atoms with Crippen LogP contribution >= 0.6 is 0 Å². The summed E-state index contributed by atoms with van der Waals surface area (Å²) in [5.74, 6) is 0.890. The van der Waals surface area contributed by atoms with Crippen molar-refractivity contribution in [2.24, 2.45) is 0 Å². The maximum absolute atomic E-state index is 11.9. The average molecular weight is 351 g/mol. The molecule has 1 atom stereocenters. The summed E-state index contributed by atoms with van der Waals surface area (Å²) in [6.07, 6.45) is 0. The van der Waals surface area contributed by atoms with E-state index in [0.717, 1.165) is 19.6 Å². The van der Waals surface area contributed by atoms with Crippen LogP contribution in [-0.4, -0.2) is 55.9 Å². The highest BCUT2D eigenvalue weighted by atomic mass is 32.2. The van der Waals surface area contributed by atoms with Gasteiger partial charge in [-0.15, -0.1) is 0 Å². The molecular formula is C15H21N5O3S. The van der Waals surface area contributed by atoms with Gasteiger partial charge in [0.15, 0.2) is 5.82 Å². The van der Waals surface area contributed by atoms with Gasteiger partial charge < -0.3 is 9.84 Å². The maximum atomic E-state index is 11.9. The quantitative estimate of drug-likeness (QED) is 0.831. The van der Waals surface area contributed by atoms with Gasteiger partial charge in [0.25, 0.3) is 5.89 Å². The van der Waals surface area contributed by atoms with E-state index in [2.05, 4.69) is 25.1 Å². The molecule has 0 amide bonds. The van der Waals surface area contributed by atoms with Crippen LogP contribution in [0.5, 0.6) is 0 Å². The van der Waals surface area contributed by atoms with Crippen LogP contribution in [0.1, 0.15) is 18.8 Å². The summed E-state index contributed by atoms with van der Waals surface area (Å²) in [7, 11) is -1.36. The number of aromatic nitrogens is 2. The number of rotatable bonds is 5. The van der Waals surface area contributed by atoms with Crippen LogP contribution in [0.15, 0.2) is 28.8 Å². The first-order valence-electron chi connectivity index (χ1n) is 7.84. The summed E-state index contributed by atoms with van der Waals surface area (Å²) >= 11 is 0. The highest BCUT2D eigenvalue weighted by Crippen LogP contribution is 2.29. The minimum Gasteiger partial charge on any atom is -0.334 e. The first-order chi connectivity index (χ1) is 11.5. The zero-order chi connectivity index (χ0) is 17.2. The largest absolute Gasteiger partial charge is 0.334 e. The molecule has 1 saturated heterocycles. The second-order valence-electron chi connectivity index (χ2n) is 5.71. The van der Waals surface area contributed by atoms with Gasteiger partial charge in [-0.1, -0.05) is 17.3 Å². The second kappa shape index (κ2) is 6.88. The molecule has 2 N–H and O–H groups in total. The Morgan fingerprint density at radius 1 is 1.42 bits per heavy atom. The third-order valence-electron chi connectivity index (χ3n) is 4.05. The smallest absolute Gasteiger partial charge is 0.260 e. The van der Waals surface area contributed by atoms with Crippen LogP contribution in [0.25, 0.3) is 11.5 Å². The number of piperazine rings is 1. The van der Waals surface area contributed by atoms with Crippen LogP contribution in [0.2, 0.25) is 0 Å². The van der Waals surface area contributed by atoms with Gasteiger partial charge >= 0.3 is 0 Å². The van der Waals surface area contributed by atoms with E-state index in [9.17, 15) is 8.42 Å². The molecule has 9 heteroatoms. The lowest BCUT2D eigenvalue weighted by Gasteiger charge is -2.30. The molecule has 24 heavy (non-hydrogen) atoms. The Labute approximate surface area is 141 Å². The summed E-state index contributed by atoms with van der Waals surface area (Å²) in [5, 5.41) is 7.39. The molecule has 0 spiro atoms.